The fourth-order valence-corrected chi connectivity index (χ4v) is 5.07. The summed E-state index contributed by atoms with van der Waals surface area (Å²) in [6, 6.07) is 33.5. The number of para-hydroxylation sites is 1. The van der Waals surface area contributed by atoms with Crippen LogP contribution in [0.4, 0.5) is 5.69 Å². The first-order valence-electron chi connectivity index (χ1n) is 10.5. The molecule has 0 saturated heterocycles. The Morgan fingerprint density at radius 2 is 1.41 bits per heavy atom. The number of benzene rings is 5. The predicted molar refractivity (Wildman–Crippen MR) is 125 cm³/mol. The molecule has 1 heteroatoms. The minimum absolute atomic E-state index is 0.959. The maximum Gasteiger partial charge on any atom is 0.0435 e. The molecule has 1 nitrogen and oxygen atoms in total. The highest BCUT2D eigenvalue weighted by Crippen LogP contribution is 2.35. The van der Waals surface area contributed by atoms with Crippen molar-refractivity contribution >= 4 is 38.0 Å². The van der Waals surface area contributed by atoms with E-state index in [2.05, 4.69) is 95.9 Å². The summed E-state index contributed by atoms with van der Waals surface area (Å²) in [5, 5.41) is 8.09. The van der Waals surface area contributed by atoms with E-state index in [9.17, 15) is 0 Å². The molecule has 0 aliphatic carbocycles. The molecule has 0 bridgehead atoms. The number of rotatable bonds is 2. The maximum atomic E-state index is 2.56. The summed E-state index contributed by atoms with van der Waals surface area (Å²) in [5.41, 5.74) is 4.30. The van der Waals surface area contributed by atoms with Gasteiger partial charge in [0.25, 0.3) is 0 Å². The van der Waals surface area contributed by atoms with Crippen LogP contribution in [0.15, 0.2) is 91.0 Å². The van der Waals surface area contributed by atoms with Gasteiger partial charge in [-0.25, -0.2) is 0 Å². The van der Waals surface area contributed by atoms with Crippen molar-refractivity contribution in [3.63, 3.8) is 0 Å². The molecule has 0 N–H and O–H groups in total. The molecule has 0 unspecified atom stereocenters. The molecule has 6 rings (SSSR count). The molecule has 5 aromatic carbocycles. The van der Waals surface area contributed by atoms with Crippen LogP contribution >= 0.6 is 0 Å². The van der Waals surface area contributed by atoms with Crippen LogP contribution < -0.4 is 4.90 Å². The van der Waals surface area contributed by atoms with Gasteiger partial charge in [-0.3, -0.25) is 0 Å². The van der Waals surface area contributed by atoms with Gasteiger partial charge in [-0.2, -0.15) is 0 Å². The zero-order valence-electron chi connectivity index (χ0n) is 16.4. The highest BCUT2D eigenvalue weighted by Gasteiger charge is 2.18. The molecule has 29 heavy (non-hydrogen) atoms. The molecule has 1 aliphatic rings. The Morgan fingerprint density at radius 3 is 2.41 bits per heavy atom. The molecule has 1 aliphatic heterocycles. The van der Waals surface area contributed by atoms with Gasteiger partial charge in [-0.05, 0) is 62.4 Å². The van der Waals surface area contributed by atoms with E-state index in [1.54, 1.807) is 0 Å². The van der Waals surface area contributed by atoms with Crippen LogP contribution in [0.25, 0.3) is 32.3 Å². The van der Waals surface area contributed by atoms with Crippen molar-refractivity contribution in [1.82, 2.24) is 0 Å². The molecule has 5 aromatic rings. The van der Waals surface area contributed by atoms with Gasteiger partial charge in [0.1, 0.15) is 0 Å². The standard InChI is InChI=1S/C28H23N/c1-3-12-24-20(7-1)14-17-26-25(24)16-15-22-9-5-10-23(28(22)26)19-29-18-6-11-21-8-2-4-13-27(21)29/h1-5,7-10,12-17H,6,11,18-19H2. The Labute approximate surface area is 171 Å². The third kappa shape index (κ3) is 2.69. The summed E-state index contributed by atoms with van der Waals surface area (Å²) in [6.07, 6.45) is 2.42. The van der Waals surface area contributed by atoms with E-state index in [1.165, 1.54) is 62.0 Å². The van der Waals surface area contributed by atoms with E-state index in [-0.39, 0.29) is 0 Å². The Kier molecular flexibility index (Phi) is 3.80. The smallest absolute Gasteiger partial charge is 0.0435 e. The number of fused-ring (bicyclic) bond motifs is 6. The number of hydrogen-bond acceptors (Lipinski definition) is 1. The fraction of sp³-hybridized carbons (Fsp3) is 0.143. The zero-order valence-corrected chi connectivity index (χ0v) is 16.4. The summed E-state index contributed by atoms with van der Waals surface area (Å²) in [5.74, 6) is 0. The first-order valence-corrected chi connectivity index (χ1v) is 10.5. The second-order valence-electron chi connectivity index (χ2n) is 8.12. The third-order valence-electron chi connectivity index (χ3n) is 6.42. The van der Waals surface area contributed by atoms with E-state index < -0.39 is 0 Å². The van der Waals surface area contributed by atoms with Crippen molar-refractivity contribution in [3.05, 3.63) is 102 Å². The van der Waals surface area contributed by atoms with E-state index in [0.29, 0.717) is 0 Å². The average Bonchev–Trinajstić information content (AvgIpc) is 2.79. The van der Waals surface area contributed by atoms with Crippen LogP contribution in [0, 0.1) is 0 Å². The molecule has 0 atom stereocenters. The van der Waals surface area contributed by atoms with Gasteiger partial charge in [0, 0.05) is 18.8 Å². The second-order valence-corrected chi connectivity index (χ2v) is 8.12. The summed E-state index contributed by atoms with van der Waals surface area (Å²) < 4.78 is 0. The van der Waals surface area contributed by atoms with E-state index in [1.807, 2.05) is 0 Å². The number of hydrogen-bond donors (Lipinski definition) is 0. The van der Waals surface area contributed by atoms with Crippen molar-refractivity contribution in [2.24, 2.45) is 0 Å². The summed E-state index contributed by atoms with van der Waals surface area (Å²) in [6.45, 7) is 2.08. The van der Waals surface area contributed by atoms with Crippen molar-refractivity contribution in [2.45, 2.75) is 19.4 Å². The monoisotopic (exact) mass is 373 g/mol. The van der Waals surface area contributed by atoms with Gasteiger partial charge in [-0.15, -0.1) is 0 Å². The van der Waals surface area contributed by atoms with Gasteiger partial charge < -0.3 is 4.90 Å². The summed E-state index contributed by atoms with van der Waals surface area (Å²) >= 11 is 0. The Balaban J connectivity index is 1.56. The fourth-order valence-electron chi connectivity index (χ4n) is 5.07. The number of anilines is 1. The van der Waals surface area contributed by atoms with Gasteiger partial charge >= 0.3 is 0 Å². The molecule has 0 radical (unpaired) electrons. The van der Waals surface area contributed by atoms with Crippen LogP contribution in [-0.4, -0.2) is 6.54 Å². The average molecular weight is 373 g/mol. The van der Waals surface area contributed by atoms with Crippen LogP contribution in [0.3, 0.4) is 0 Å². The normalized spacial score (nSPS) is 13.9. The van der Waals surface area contributed by atoms with Crippen LogP contribution in [0.1, 0.15) is 17.5 Å². The van der Waals surface area contributed by atoms with Crippen LogP contribution in [-0.2, 0) is 13.0 Å². The highest BCUT2D eigenvalue weighted by atomic mass is 15.1. The lowest BCUT2D eigenvalue weighted by Gasteiger charge is -2.31. The Bertz CT molecular complexity index is 1370. The molecule has 0 amide bonds. The van der Waals surface area contributed by atoms with E-state index in [4.69, 9.17) is 0 Å². The molecular formula is C28H23N. The van der Waals surface area contributed by atoms with Crippen molar-refractivity contribution < 1.29 is 0 Å². The SMILES string of the molecule is c1ccc2c(c1)CCCN2Cc1cccc2ccc3c4ccccc4ccc3c12. The number of aryl methyl sites for hydroxylation is 1. The molecule has 0 spiro atoms. The zero-order chi connectivity index (χ0) is 19.2. The minimum atomic E-state index is 0.959. The van der Waals surface area contributed by atoms with Gasteiger partial charge in [0.05, 0.1) is 0 Å². The summed E-state index contributed by atoms with van der Waals surface area (Å²) in [7, 11) is 0. The first kappa shape index (κ1) is 16.6. The number of nitrogens with zero attached hydrogens (tertiary/aromatic N) is 1. The molecule has 0 aromatic heterocycles. The molecule has 0 fully saturated rings. The minimum Gasteiger partial charge on any atom is -0.367 e. The van der Waals surface area contributed by atoms with Gasteiger partial charge in [0.2, 0.25) is 0 Å². The van der Waals surface area contributed by atoms with Crippen molar-refractivity contribution in [2.75, 3.05) is 11.4 Å². The molecule has 1 heterocycles. The lowest BCUT2D eigenvalue weighted by molar-refractivity contribution is 0.693. The van der Waals surface area contributed by atoms with E-state index in [0.717, 1.165) is 13.1 Å². The van der Waals surface area contributed by atoms with Crippen molar-refractivity contribution in [1.29, 1.82) is 0 Å². The highest BCUT2D eigenvalue weighted by molar-refractivity contribution is 6.18. The third-order valence-corrected chi connectivity index (χ3v) is 6.42. The predicted octanol–water partition coefficient (Wildman–Crippen LogP) is 7.10. The maximum absolute atomic E-state index is 2.56. The van der Waals surface area contributed by atoms with Crippen LogP contribution in [0.5, 0.6) is 0 Å². The molecular weight excluding hydrogens is 350 g/mol. The second kappa shape index (κ2) is 6.63. The first-order chi connectivity index (χ1) is 14.4. The van der Waals surface area contributed by atoms with Gasteiger partial charge in [0.15, 0.2) is 0 Å². The van der Waals surface area contributed by atoms with Crippen LogP contribution in [0.2, 0.25) is 0 Å². The Morgan fingerprint density at radius 1 is 0.621 bits per heavy atom. The summed E-state index contributed by atoms with van der Waals surface area (Å²) in [4.78, 5) is 2.56. The molecule has 140 valence electrons. The lowest BCUT2D eigenvalue weighted by atomic mass is 9.93. The molecule has 0 saturated carbocycles. The van der Waals surface area contributed by atoms with Crippen molar-refractivity contribution in [3.8, 4) is 0 Å². The van der Waals surface area contributed by atoms with Gasteiger partial charge in [-0.1, -0.05) is 84.9 Å². The quantitative estimate of drug-likeness (QED) is 0.298. The Hall–Kier alpha value is -3.32. The largest absolute Gasteiger partial charge is 0.367 e. The van der Waals surface area contributed by atoms with E-state index >= 15 is 0 Å². The lowest BCUT2D eigenvalue weighted by Crippen LogP contribution is -2.28. The topological polar surface area (TPSA) is 3.24 Å².